The molecular weight excluding hydrogens is 629 g/mol. The average molecular weight is 655 g/mol. The quantitative estimate of drug-likeness (QED) is 0.189. The van der Waals surface area contributed by atoms with Gasteiger partial charge in [-0.1, -0.05) is 78.9 Å². The summed E-state index contributed by atoms with van der Waals surface area (Å²) in [4.78, 5) is 9.66. The summed E-state index contributed by atoms with van der Waals surface area (Å²) in [5.41, 5.74) is 11.9. The van der Waals surface area contributed by atoms with Crippen LogP contribution in [-0.4, -0.2) is 29.3 Å². The number of furan rings is 1. The molecule has 11 rings (SSSR count). The summed E-state index contributed by atoms with van der Waals surface area (Å²) >= 11 is 0. The largest absolute Gasteiger partial charge is 0.434 e. The molecule has 0 aliphatic carbocycles. The van der Waals surface area contributed by atoms with E-state index in [1.165, 1.54) is 16.3 Å². The number of pyridine rings is 1. The summed E-state index contributed by atoms with van der Waals surface area (Å²) < 4.78 is 10.9. The second-order valence-electron chi connectivity index (χ2n) is 12.8. The Labute approximate surface area is 290 Å². The van der Waals surface area contributed by atoms with Gasteiger partial charge >= 0.3 is 0 Å². The molecule has 0 saturated heterocycles. The first kappa shape index (κ1) is 27.8. The lowest BCUT2D eigenvalue weighted by atomic mass is 10.0. The fraction of sp³-hybridized carbons (Fsp3) is 0. The molecule has 0 aliphatic heterocycles. The zero-order chi connectivity index (χ0) is 33.5. The van der Waals surface area contributed by atoms with E-state index in [0.717, 1.165) is 55.4 Å². The van der Waals surface area contributed by atoms with Crippen molar-refractivity contribution >= 4 is 65.9 Å². The van der Waals surface area contributed by atoms with Gasteiger partial charge in [-0.15, -0.1) is 10.2 Å². The smallest absolute Gasteiger partial charge is 0.252 e. The Balaban J connectivity index is 1.01. The van der Waals surface area contributed by atoms with E-state index >= 15 is 0 Å². The van der Waals surface area contributed by atoms with E-state index in [-0.39, 0.29) is 0 Å². The Morgan fingerprint density at radius 2 is 0.980 bits per heavy atom. The van der Waals surface area contributed by atoms with Gasteiger partial charge in [0.2, 0.25) is 0 Å². The Kier molecular flexibility index (Phi) is 5.83. The van der Waals surface area contributed by atoms with Crippen molar-refractivity contribution in [3.05, 3.63) is 158 Å². The Morgan fingerprint density at radius 1 is 0.431 bits per heavy atom. The van der Waals surface area contributed by atoms with E-state index in [1.54, 1.807) is 0 Å². The Morgan fingerprint density at radius 3 is 1.63 bits per heavy atom. The zero-order valence-electron chi connectivity index (χ0n) is 27.1. The molecule has 0 saturated carbocycles. The van der Waals surface area contributed by atoms with Crippen molar-refractivity contribution in [3.8, 4) is 33.9 Å². The standard InChI is InChI=1S/C44H26N6O/c1-3-11-30(12-4-1)49-36-17-9-7-15-32(36)34-23-27(19-21-38(34)49)29-25-40-41(45-26-29)42-44(51-40)46-43(48-47-42)28-20-22-39-35(24-28)33-16-8-10-18-37(33)50(39)31-13-5-2-6-14-31/h1-26H. The van der Waals surface area contributed by atoms with Gasteiger partial charge in [-0.2, -0.15) is 4.98 Å². The molecule has 0 spiro atoms. The molecule has 238 valence electrons. The van der Waals surface area contributed by atoms with Crippen LogP contribution in [0.5, 0.6) is 0 Å². The van der Waals surface area contributed by atoms with Gasteiger partial charge in [0.1, 0.15) is 5.52 Å². The molecule has 0 radical (unpaired) electrons. The highest BCUT2D eigenvalue weighted by Crippen LogP contribution is 2.37. The van der Waals surface area contributed by atoms with Gasteiger partial charge < -0.3 is 13.6 Å². The third kappa shape index (κ3) is 4.18. The number of aromatic nitrogens is 6. The van der Waals surface area contributed by atoms with Crippen molar-refractivity contribution < 1.29 is 4.42 Å². The van der Waals surface area contributed by atoms with Crippen LogP contribution in [0.25, 0.3) is 99.8 Å². The second kappa shape index (κ2) is 10.7. The number of fused-ring (bicyclic) bond motifs is 9. The van der Waals surface area contributed by atoms with Crippen LogP contribution < -0.4 is 0 Å². The van der Waals surface area contributed by atoms with E-state index in [4.69, 9.17) is 14.4 Å². The number of hydrogen-bond donors (Lipinski definition) is 0. The van der Waals surface area contributed by atoms with E-state index in [9.17, 15) is 0 Å². The van der Waals surface area contributed by atoms with Crippen LogP contribution >= 0.6 is 0 Å². The van der Waals surface area contributed by atoms with Crippen LogP contribution in [0.2, 0.25) is 0 Å². The number of para-hydroxylation sites is 4. The molecule has 0 bridgehead atoms. The van der Waals surface area contributed by atoms with Crippen molar-refractivity contribution in [1.82, 2.24) is 29.3 Å². The number of rotatable bonds is 4. The summed E-state index contributed by atoms with van der Waals surface area (Å²) in [6.45, 7) is 0. The van der Waals surface area contributed by atoms with Gasteiger partial charge in [-0.3, -0.25) is 0 Å². The third-order valence-electron chi connectivity index (χ3n) is 9.90. The molecule has 5 aromatic heterocycles. The van der Waals surface area contributed by atoms with Gasteiger partial charge in [-0.05, 0) is 78.4 Å². The Hall–Kier alpha value is -7.12. The monoisotopic (exact) mass is 654 g/mol. The molecule has 11 aromatic rings. The average Bonchev–Trinajstić information content (AvgIpc) is 3.85. The van der Waals surface area contributed by atoms with Gasteiger partial charge in [0, 0.05) is 50.2 Å². The summed E-state index contributed by atoms with van der Waals surface area (Å²) in [7, 11) is 0. The predicted molar refractivity (Wildman–Crippen MR) is 204 cm³/mol. The minimum absolute atomic E-state index is 0.410. The minimum Gasteiger partial charge on any atom is -0.434 e. The van der Waals surface area contributed by atoms with Crippen molar-refractivity contribution in [2.75, 3.05) is 0 Å². The van der Waals surface area contributed by atoms with Gasteiger partial charge in [-0.25, -0.2) is 4.98 Å². The van der Waals surface area contributed by atoms with Crippen LogP contribution in [0.15, 0.2) is 162 Å². The zero-order valence-corrected chi connectivity index (χ0v) is 27.1. The normalized spacial score (nSPS) is 11.9. The topological polar surface area (TPSA) is 74.6 Å². The summed E-state index contributed by atoms with van der Waals surface area (Å²) in [5.74, 6) is 0.500. The number of benzene rings is 6. The summed E-state index contributed by atoms with van der Waals surface area (Å²) in [6.07, 6.45) is 1.88. The molecule has 0 N–H and O–H groups in total. The fourth-order valence-electron chi connectivity index (χ4n) is 7.59. The van der Waals surface area contributed by atoms with E-state index < -0.39 is 0 Å². The first-order valence-corrected chi connectivity index (χ1v) is 16.9. The molecule has 0 atom stereocenters. The van der Waals surface area contributed by atoms with Gasteiger partial charge in [0.05, 0.1) is 22.1 Å². The number of hydrogen-bond acceptors (Lipinski definition) is 5. The maximum atomic E-state index is 6.33. The van der Waals surface area contributed by atoms with Crippen LogP contribution in [0.3, 0.4) is 0 Å². The molecule has 7 heteroatoms. The molecule has 0 amide bonds. The lowest BCUT2D eigenvalue weighted by Crippen LogP contribution is -1.94. The van der Waals surface area contributed by atoms with Crippen molar-refractivity contribution in [2.45, 2.75) is 0 Å². The Bertz CT molecular complexity index is 2930. The van der Waals surface area contributed by atoms with Gasteiger partial charge in [0.15, 0.2) is 16.9 Å². The summed E-state index contributed by atoms with van der Waals surface area (Å²) in [5, 5.41) is 13.8. The highest BCUT2D eigenvalue weighted by Gasteiger charge is 2.18. The maximum Gasteiger partial charge on any atom is 0.252 e. The van der Waals surface area contributed by atoms with E-state index in [1.807, 2.05) is 30.5 Å². The lowest BCUT2D eigenvalue weighted by Gasteiger charge is -2.08. The molecule has 0 unspecified atom stereocenters. The maximum absolute atomic E-state index is 6.33. The highest BCUT2D eigenvalue weighted by atomic mass is 16.3. The summed E-state index contributed by atoms with van der Waals surface area (Å²) in [6, 6.07) is 52.8. The second-order valence-corrected chi connectivity index (χ2v) is 12.8. The predicted octanol–water partition coefficient (Wildman–Crippen LogP) is 10.7. The SMILES string of the molecule is c1ccc(-n2c3ccccc3c3cc(-c4cnc5c(c4)oc4nc(-c6ccc7c(c6)c6ccccc6n7-c6ccccc6)nnc45)ccc32)cc1. The van der Waals surface area contributed by atoms with Gasteiger partial charge in [0.25, 0.3) is 5.71 Å². The first-order valence-electron chi connectivity index (χ1n) is 16.9. The van der Waals surface area contributed by atoms with Crippen LogP contribution in [0.1, 0.15) is 0 Å². The van der Waals surface area contributed by atoms with E-state index in [0.29, 0.717) is 28.2 Å². The van der Waals surface area contributed by atoms with E-state index in [2.05, 4.69) is 147 Å². The number of nitrogens with zero attached hydrogens (tertiary/aromatic N) is 6. The van der Waals surface area contributed by atoms with Crippen molar-refractivity contribution in [2.24, 2.45) is 0 Å². The lowest BCUT2D eigenvalue weighted by molar-refractivity contribution is 0.650. The molecule has 6 aromatic carbocycles. The molecule has 5 heterocycles. The van der Waals surface area contributed by atoms with Crippen LogP contribution in [0, 0.1) is 0 Å². The molecule has 0 fully saturated rings. The molecule has 0 aliphatic rings. The van der Waals surface area contributed by atoms with Crippen molar-refractivity contribution in [3.63, 3.8) is 0 Å². The van der Waals surface area contributed by atoms with Crippen LogP contribution in [0.4, 0.5) is 0 Å². The third-order valence-corrected chi connectivity index (χ3v) is 9.90. The molecule has 7 nitrogen and oxygen atoms in total. The fourth-order valence-corrected chi connectivity index (χ4v) is 7.59. The minimum atomic E-state index is 0.410. The van der Waals surface area contributed by atoms with Crippen molar-refractivity contribution in [1.29, 1.82) is 0 Å². The van der Waals surface area contributed by atoms with Crippen LogP contribution in [-0.2, 0) is 0 Å². The first-order chi connectivity index (χ1) is 25.3. The molecule has 51 heavy (non-hydrogen) atoms. The highest BCUT2D eigenvalue weighted by molar-refractivity contribution is 6.11. The molecular formula is C44H26N6O.